The van der Waals surface area contributed by atoms with Gasteiger partial charge in [-0.15, -0.1) is 0 Å². The molecule has 0 spiro atoms. The highest BCUT2D eigenvalue weighted by Gasteiger charge is 2.32. The number of carbonyl (C=O) groups is 1. The number of rotatable bonds is 2. The summed E-state index contributed by atoms with van der Waals surface area (Å²) in [5.41, 5.74) is 6.14. The predicted octanol–water partition coefficient (Wildman–Crippen LogP) is 3.48. The van der Waals surface area contributed by atoms with Gasteiger partial charge in [-0.25, -0.2) is 4.39 Å². The van der Waals surface area contributed by atoms with Crippen molar-refractivity contribution < 1.29 is 9.18 Å². The third-order valence-corrected chi connectivity index (χ3v) is 4.29. The number of nitrogens with one attached hydrogen (secondary N) is 1. The van der Waals surface area contributed by atoms with E-state index in [1.54, 1.807) is 0 Å². The fourth-order valence-corrected chi connectivity index (χ4v) is 3.06. The predicted molar refractivity (Wildman–Crippen MR) is 77.4 cm³/mol. The van der Waals surface area contributed by atoms with Gasteiger partial charge in [0.1, 0.15) is 5.82 Å². The molecule has 19 heavy (non-hydrogen) atoms. The van der Waals surface area contributed by atoms with Gasteiger partial charge in [0.05, 0.1) is 11.3 Å². The molecule has 0 aromatic heterocycles. The van der Waals surface area contributed by atoms with Crippen molar-refractivity contribution in [2.45, 2.75) is 39.2 Å². The second-order valence-corrected chi connectivity index (χ2v) is 6.79. The van der Waals surface area contributed by atoms with Crippen LogP contribution in [0.15, 0.2) is 16.6 Å². The van der Waals surface area contributed by atoms with Crippen molar-refractivity contribution in [1.29, 1.82) is 0 Å². The molecule has 1 aromatic rings. The molecule has 3 N–H and O–H groups in total. The van der Waals surface area contributed by atoms with Gasteiger partial charge in [-0.1, -0.05) is 13.8 Å². The molecule has 1 aliphatic rings. The molecule has 1 fully saturated rings. The Labute approximate surface area is 120 Å². The molecule has 0 saturated heterocycles. The van der Waals surface area contributed by atoms with Gasteiger partial charge in [0, 0.05) is 10.5 Å². The van der Waals surface area contributed by atoms with Crippen LogP contribution < -0.4 is 11.1 Å². The highest BCUT2D eigenvalue weighted by molar-refractivity contribution is 9.10. The Hall–Kier alpha value is -1.10. The third-order valence-electron chi connectivity index (χ3n) is 3.63. The summed E-state index contributed by atoms with van der Waals surface area (Å²) in [6.45, 7) is 4.40. The molecule has 5 heteroatoms. The maximum Gasteiger partial charge on any atom is 0.252 e. The van der Waals surface area contributed by atoms with Crippen LogP contribution in [0.2, 0.25) is 0 Å². The number of amides is 1. The van der Waals surface area contributed by atoms with E-state index in [-0.39, 0.29) is 23.1 Å². The number of nitrogen functional groups attached to an aromatic ring is 1. The molecule has 1 unspecified atom stereocenters. The number of nitrogens with two attached hydrogens (primary N) is 1. The summed E-state index contributed by atoms with van der Waals surface area (Å²) in [5, 5.41) is 2.99. The van der Waals surface area contributed by atoms with Crippen LogP contribution in [0.5, 0.6) is 0 Å². The lowest BCUT2D eigenvalue weighted by atomic mass is 9.92. The van der Waals surface area contributed by atoms with Crippen LogP contribution in [0.1, 0.15) is 43.5 Å². The van der Waals surface area contributed by atoms with Crippen molar-refractivity contribution in [3.05, 3.63) is 28.0 Å². The van der Waals surface area contributed by atoms with Crippen LogP contribution in [-0.4, -0.2) is 11.9 Å². The SMILES string of the molecule is CC1(C)CCC(NC(=O)c2cc(N)c(F)cc2Br)C1. The number of anilines is 1. The monoisotopic (exact) mass is 328 g/mol. The molecule has 2 rings (SSSR count). The average Bonchev–Trinajstić information content (AvgIpc) is 2.63. The number of hydrogen-bond acceptors (Lipinski definition) is 2. The smallest absolute Gasteiger partial charge is 0.252 e. The molecular weight excluding hydrogens is 311 g/mol. The first-order valence-corrected chi connectivity index (χ1v) is 7.13. The molecule has 0 aliphatic heterocycles. The Morgan fingerprint density at radius 2 is 2.21 bits per heavy atom. The molecular formula is C14H18BrFN2O. The maximum atomic E-state index is 13.2. The van der Waals surface area contributed by atoms with Crippen LogP contribution in [0.25, 0.3) is 0 Å². The van der Waals surface area contributed by atoms with Gasteiger partial charge >= 0.3 is 0 Å². The standard InChI is InChI=1S/C14H18BrFN2O/c1-14(2)4-3-8(7-14)18-13(19)9-5-12(17)11(16)6-10(9)15/h5-6,8H,3-4,7,17H2,1-2H3,(H,18,19). The first-order valence-electron chi connectivity index (χ1n) is 6.34. The molecule has 0 bridgehead atoms. The molecule has 3 nitrogen and oxygen atoms in total. The Morgan fingerprint density at radius 1 is 1.53 bits per heavy atom. The van der Waals surface area contributed by atoms with Crippen molar-refractivity contribution in [3.63, 3.8) is 0 Å². The van der Waals surface area contributed by atoms with E-state index in [9.17, 15) is 9.18 Å². The number of benzene rings is 1. The molecule has 1 atom stereocenters. The molecule has 104 valence electrons. The van der Waals surface area contributed by atoms with Gasteiger partial charge in [-0.2, -0.15) is 0 Å². The molecule has 1 aromatic carbocycles. The van der Waals surface area contributed by atoms with E-state index in [4.69, 9.17) is 5.73 Å². The van der Waals surface area contributed by atoms with E-state index in [1.165, 1.54) is 12.1 Å². The van der Waals surface area contributed by atoms with Crippen LogP contribution in [0.4, 0.5) is 10.1 Å². The van der Waals surface area contributed by atoms with Crippen LogP contribution in [0, 0.1) is 11.2 Å². The number of hydrogen-bond donors (Lipinski definition) is 2. The summed E-state index contributed by atoms with van der Waals surface area (Å²) in [7, 11) is 0. The van der Waals surface area contributed by atoms with Gasteiger partial charge in [0.15, 0.2) is 0 Å². The van der Waals surface area contributed by atoms with Crippen molar-refractivity contribution in [2.75, 3.05) is 5.73 Å². The van der Waals surface area contributed by atoms with Crippen molar-refractivity contribution in [1.82, 2.24) is 5.32 Å². The highest BCUT2D eigenvalue weighted by atomic mass is 79.9. The maximum absolute atomic E-state index is 13.2. The average molecular weight is 329 g/mol. The first-order chi connectivity index (χ1) is 8.78. The van der Waals surface area contributed by atoms with E-state index < -0.39 is 5.82 Å². The van der Waals surface area contributed by atoms with E-state index in [2.05, 4.69) is 35.1 Å². The Balaban J connectivity index is 2.11. The van der Waals surface area contributed by atoms with Crippen molar-refractivity contribution in [3.8, 4) is 0 Å². The first kappa shape index (κ1) is 14.3. The van der Waals surface area contributed by atoms with E-state index in [1.807, 2.05) is 0 Å². The summed E-state index contributed by atoms with van der Waals surface area (Å²) < 4.78 is 13.7. The summed E-state index contributed by atoms with van der Waals surface area (Å²) in [4.78, 5) is 12.2. The zero-order valence-corrected chi connectivity index (χ0v) is 12.7. The van der Waals surface area contributed by atoms with Gasteiger partial charge in [-0.05, 0) is 52.7 Å². The van der Waals surface area contributed by atoms with Crippen molar-refractivity contribution >= 4 is 27.5 Å². The van der Waals surface area contributed by atoms with Crippen LogP contribution in [0.3, 0.4) is 0 Å². The fourth-order valence-electron chi connectivity index (χ4n) is 2.56. The zero-order chi connectivity index (χ0) is 14.2. The minimum Gasteiger partial charge on any atom is -0.396 e. The van der Waals surface area contributed by atoms with Crippen molar-refractivity contribution in [2.24, 2.45) is 5.41 Å². The zero-order valence-electron chi connectivity index (χ0n) is 11.1. The lowest BCUT2D eigenvalue weighted by Crippen LogP contribution is -2.33. The van der Waals surface area contributed by atoms with E-state index in [0.29, 0.717) is 10.0 Å². The Morgan fingerprint density at radius 3 is 2.79 bits per heavy atom. The summed E-state index contributed by atoms with van der Waals surface area (Å²) in [6, 6.07) is 2.78. The summed E-state index contributed by atoms with van der Waals surface area (Å²) in [6.07, 6.45) is 3.05. The van der Waals surface area contributed by atoms with Gasteiger partial charge < -0.3 is 11.1 Å². The highest BCUT2D eigenvalue weighted by Crippen LogP contribution is 2.37. The second kappa shape index (κ2) is 5.12. The van der Waals surface area contributed by atoms with Gasteiger partial charge in [0.25, 0.3) is 5.91 Å². The minimum atomic E-state index is -0.523. The quantitative estimate of drug-likeness (QED) is 0.816. The minimum absolute atomic E-state index is 0.0138. The fraction of sp³-hybridized carbons (Fsp3) is 0.500. The molecule has 0 radical (unpaired) electrons. The largest absolute Gasteiger partial charge is 0.396 e. The van der Waals surface area contributed by atoms with Gasteiger partial charge in [-0.3, -0.25) is 4.79 Å². The van der Waals surface area contributed by atoms with Crippen LogP contribution in [-0.2, 0) is 0 Å². The van der Waals surface area contributed by atoms with E-state index in [0.717, 1.165) is 19.3 Å². The second-order valence-electron chi connectivity index (χ2n) is 5.93. The number of halogens is 2. The van der Waals surface area contributed by atoms with Gasteiger partial charge in [0.2, 0.25) is 0 Å². The Kier molecular flexibility index (Phi) is 3.85. The summed E-state index contributed by atoms with van der Waals surface area (Å²) in [5.74, 6) is -0.730. The number of carbonyl (C=O) groups excluding carboxylic acids is 1. The van der Waals surface area contributed by atoms with E-state index >= 15 is 0 Å². The molecule has 0 heterocycles. The lowest BCUT2D eigenvalue weighted by Gasteiger charge is -2.18. The summed E-state index contributed by atoms with van der Waals surface area (Å²) >= 11 is 3.20. The normalized spacial score (nSPS) is 21.4. The lowest BCUT2D eigenvalue weighted by molar-refractivity contribution is 0.0935. The van der Waals surface area contributed by atoms with Crippen LogP contribution >= 0.6 is 15.9 Å². The topological polar surface area (TPSA) is 55.1 Å². The molecule has 1 saturated carbocycles. The molecule has 1 aliphatic carbocycles. The molecule has 1 amide bonds. The third kappa shape index (κ3) is 3.26. The Bertz CT molecular complexity index is 516.